The highest BCUT2D eigenvalue weighted by atomic mass is 32.1. The third-order valence-electron chi connectivity index (χ3n) is 6.61. The molecule has 1 N–H and O–H groups in total. The zero-order chi connectivity index (χ0) is 25.1. The first-order chi connectivity index (χ1) is 17.5. The van der Waals surface area contributed by atoms with E-state index in [1.54, 1.807) is 29.8 Å². The second-order valence-electron chi connectivity index (χ2n) is 8.82. The molecular formula is C27H28N6O2S. The van der Waals surface area contributed by atoms with Gasteiger partial charge in [-0.05, 0) is 48.9 Å². The first kappa shape index (κ1) is 23.9. The molecule has 8 nitrogen and oxygen atoms in total. The summed E-state index contributed by atoms with van der Waals surface area (Å²) in [6, 6.07) is 13.4. The van der Waals surface area contributed by atoms with Crippen molar-refractivity contribution in [2.24, 2.45) is 0 Å². The summed E-state index contributed by atoms with van der Waals surface area (Å²) < 4.78 is 0.965. The molecule has 2 aromatic heterocycles. The maximum Gasteiger partial charge on any atom is 0.270 e. The molecule has 0 aliphatic carbocycles. The van der Waals surface area contributed by atoms with Gasteiger partial charge in [0.25, 0.3) is 5.69 Å². The first-order valence-corrected chi connectivity index (χ1v) is 12.9. The van der Waals surface area contributed by atoms with Crippen LogP contribution in [-0.4, -0.2) is 52.5 Å². The Kier molecular flexibility index (Phi) is 6.92. The maximum atomic E-state index is 11.1. The van der Waals surface area contributed by atoms with Gasteiger partial charge in [-0.25, -0.2) is 9.97 Å². The van der Waals surface area contributed by atoms with Crippen molar-refractivity contribution >= 4 is 56.6 Å². The van der Waals surface area contributed by atoms with Gasteiger partial charge in [0, 0.05) is 60.6 Å². The molecule has 0 saturated carbocycles. The minimum absolute atomic E-state index is 0.0819. The van der Waals surface area contributed by atoms with Gasteiger partial charge < -0.3 is 15.1 Å². The summed E-state index contributed by atoms with van der Waals surface area (Å²) in [5, 5.41) is 16.6. The van der Waals surface area contributed by atoms with Crippen molar-refractivity contribution in [2.75, 3.05) is 42.9 Å². The van der Waals surface area contributed by atoms with Gasteiger partial charge in [-0.2, -0.15) is 0 Å². The van der Waals surface area contributed by atoms with Crippen LogP contribution < -0.4 is 10.2 Å². The molecular weight excluding hydrogens is 472 g/mol. The molecule has 0 unspecified atom stereocenters. The van der Waals surface area contributed by atoms with Gasteiger partial charge in [0.2, 0.25) is 0 Å². The number of aromatic nitrogens is 2. The Balaban J connectivity index is 1.33. The van der Waals surface area contributed by atoms with Crippen LogP contribution in [0.5, 0.6) is 0 Å². The molecule has 0 amide bonds. The molecule has 2 aromatic carbocycles. The summed E-state index contributed by atoms with van der Waals surface area (Å²) in [5.41, 5.74) is 5.89. The normalized spacial score (nSPS) is 14.6. The Bertz CT molecular complexity index is 1410. The fraction of sp³-hybridized carbons (Fsp3) is 0.259. The number of thiophene rings is 1. The minimum Gasteiger partial charge on any atom is -0.369 e. The van der Waals surface area contributed by atoms with Crippen LogP contribution in [0.4, 0.5) is 22.9 Å². The van der Waals surface area contributed by atoms with E-state index in [1.807, 2.05) is 24.5 Å². The van der Waals surface area contributed by atoms with Crippen molar-refractivity contribution in [3.8, 4) is 0 Å². The molecule has 0 atom stereocenters. The van der Waals surface area contributed by atoms with Crippen LogP contribution in [0.25, 0.3) is 22.4 Å². The number of hydrogen-bond donors (Lipinski definition) is 1. The van der Waals surface area contributed by atoms with Crippen LogP contribution in [0, 0.1) is 17.0 Å². The zero-order valence-corrected chi connectivity index (χ0v) is 21.2. The molecule has 184 valence electrons. The van der Waals surface area contributed by atoms with E-state index in [4.69, 9.17) is 0 Å². The molecule has 1 aliphatic heterocycles. The van der Waals surface area contributed by atoms with Gasteiger partial charge >= 0.3 is 0 Å². The van der Waals surface area contributed by atoms with E-state index in [0.717, 1.165) is 71.1 Å². The molecule has 5 rings (SSSR count). The summed E-state index contributed by atoms with van der Waals surface area (Å²) in [6.07, 6.45) is 5.42. The number of benzene rings is 2. The van der Waals surface area contributed by atoms with E-state index in [0.29, 0.717) is 0 Å². The Hall–Kier alpha value is -3.82. The third-order valence-corrected chi connectivity index (χ3v) is 7.61. The lowest BCUT2D eigenvalue weighted by Crippen LogP contribution is -2.46. The van der Waals surface area contributed by atoms with Crippen molar-refractivity contribution in [3.05, 3.63) is 81.0 Å². The number of piperazine rings is 1. The van der Waals surface area contributed by atoms with Crippen LogP contribution in [0.2, 0.25) is 0 Å². The summed E-state index contributed by atoms with van der Waals surface area (Å²) in [7, 11) is 0. The number of likely N-dealkylation sites (N-methyl/N-ethyl adjacent to an activating group) is 1. The lowest BCUT2D eigenvalue weighted by Gasteiger charge is -2.35. The van der Waals surface area contributed by atoms with Gasteiger partial charge in [0.15, 0.2) is 5.82 Å². The fourth-order valence-electron chi connectivity index (χ4n) is 4.39. The molecule has 9 heteroatoms. The molecule has 0 bridgehead atoms. The third kappa shape index (κ3) is 5.07. The molecule has 3 heterocycles. The molecule has 36 heavy (non-hydrogen) atoms. The van der Waals surface area contributed by atoms with Crippen LogP contribution in [0.15, 0.2) is 54.2 Å². The lowest BCUT2D eigenvalue weighted by atomic mass is 10.1. The van der Waals surface area contributed by atoms with E-state index in [1.165, 1.54) is 11.8 Å². The predicted octanol–water partition coefficient (Wildman–Crippen LogP) is 5.96. The largest absolute Gasteiger partial charge is 0.369 e. The SMILES string of the molecule is CCN1CCN(c2ccc(Nc3ncnc4c(C=Cc5cc([N+](=O)[O-])ccc5C)csc34)cc2)CC1. The quantitative estimate of drug-likeness (QED) is 0.247. The van der Waals surface area contributed by atoms with E-state index in [-0.39, 0.29) is 10.6 Å². The first-order valence-electron chi connectivity index (χ1n) is 12.0. The number of nitrogens with zero attached hydrogens (tertiary/aromatic N) is 5. The number of anilines is 3. The average Bonchev–Trinajstić information content (AvgIpc) is 3.32. The smallest absolute Gasteiger partial charge is 0.270 e. The molecule has 0 radical (unpaired) electrons. The second-order valence-corrected chi connectivity index (χ2v) is 9.70. The van der Waals surface area contributed by atoms with Crippen molar-refractivity contribution < 1.29 is 4.92 Å². The number of nitro groups is 1. The number of rotatable bonds is 7. The molecule has 1 aliphatic rings. The van der Waals surface area contributed by atoms with Crippen molar-refractivity contribution in [2.45, 2.75) is 13.8 Å². The predicted molar refractivity (Wildman–Crippen MR) is 148 cm³/mol. The second kappa shape index (κ2) is 10.4. The van der Waals surface area contributed by atoms with Gasteiger partial charge in [-0.15, -0.1) is 11.3 Å². The standard InChI is InChI=1S/C27H28N6O2S/c1-3-31-12-14-32(15-13-31)23-10-7-22(8-11-23)30-27-26-25(28-18-29-27)21(17-36-26)6-5-20-16-24(33(34)35)9-4-19(20)2/h4-11,16-18H,3,12-15H2,1-2H3,(H,28,29,30). The Morgan fingerprint density at radius 1 is 1.06 bits per heavy atom. The summed E-state index contributed by atoms with van der Waals surface area (Å²) in [6.45, 7) is 9.57. The highest BCUT2D eigenvalue weighted by Gasteiger charge is 2.16. The van der Waals surface area contributed by atoms with Gasteiger partial charge in [-0.1, -0.05) is 25.1 Å². The maximum absolute atomic E-state index is 11.1. The van der Waals surface area contributed by atoms with Crippen LogP contribution >= 0.6 is 11.3 Å². The van der Waals surface area contributed by atoms with Crippen molar-refractivity contribution in [3.63, 3.8) is 0 Å². The summed E-state index contributed by atoms with van der Waals surface area (Å²) >= 11 is 1.58. The topological polar surface area (TPSA) is 87.4 Å². The summed E-state index contributed by atoms with van der Waals surface area (Å²) in [5.74, 6) is 0.764. The van der Waals surface area contributed by atoms with Crippen molar-refractivity contribution in [1.82, 2.24) is 14.9 Å². The Labute approximate surface area is 214 Å². The molecule has 4 aromatic rings. The van der Waals surface area contributed by atoms with E-state index in [2.05, 4.69) is 56.3 Å². The monoisotopic (exact) mass is 500 g/mol. The zero-order valence-electron chi connectivity index (χ0n) is 20.3. The number of fused-ring (bicyclic) bond motifs is 1. The van der Waals surface area contributed by atoms with Gasteiger partial charge in [0.1, 0.15) is 6.33 Å². The van der Waals surface area contributed by atoms with Crippen molar-refractivity contribution in [1.29, 1.82) is 0 Å². The molecule has 1 fully saturated rings. The highest BCUT2D eigenvalue weighted by molar-refractivity contribution is 7.18. The summed E-state index contributed by atoms with van der Waals surface area (Å²) in [4.78, 5) is 24.7. The van der Waals surface area contributed by atoms with Gasteiger partial charge in [0.05, 0.1) is 15.1 Å². The van der Waals surface area contributed by atoms with E-state index in [9.17, 15) is 10.1 Å². The van der Waals surface area contributed by atoms with Crippen LogP contribution in [0.1, 0.15) is 23.6 Å². The number of aryl methyl sites for hydroxylation is 1. The Morgan fingerprint density at radius 3 is 2.53 bits per heavy atom. The average molecular weight is 501 g/mol. The van der Waals surface area contributed by atoms with Crippen LogP contribution in [-0.2, 0) is 0 Å². The van der Waals surface area contributed by atoms with Crippen LogP contribution in [0.3, 0.4) is 0 Å². The van der Waals surface area contributed by atoms with Gasteiger partial charge in [-0.3, -0.25) is 10.1 Å². The number of non-ortho nitro benzene ring substituents is 1. The molecule has 1 saturated heterocycles. The Morgan fingerprint density at radius 2 is 1.81 bits per heavy atom. The highest BCUT2D eigenvalue weighted by Crippen LogP contribution is 2.32. The lowest BCUT2D eigenvalue weighted by molar-refractivity contribution is -0.384. The molecule has 0 spiro atoms. The number of nitrogens with one attached hydrogen (secondary N) is 1. The fourth-order valence-corrected chi connectivity index (χ4v) is 5.32. The van der Waals surface area contributed by atoms with E-state index >= 15 is 0 Å². The minimum atomic E-state index is -0.374. The number of nitro benzene ring substituents is 1. The number of hydrogen-bond acceptors (Lipinski definition) is 8. The van der Waals surface area contributed by atoms with E-state index < -0.39 is 0 Å².